The van der Waals surface area contributed by atoms with Gasteiger partial charge in [-0.05, 0) is 37.0 Å². The van der Waals surface area contributed by atoms with E-state index in [0.29, 0.717) is 29.3 Å². The fraction of sp³-hybridized carbons (Fsp3) is 0.364. The van der Waals surface area contributed by atoms with E-state index in [1.54, 1.807) is 25.3 Å². The highest BCUT2D eigenvalue weighted by molar-refractivity contribution is 8.93. The second kappa shape index (κ2) is 11.6. The Hall–Kier alpha value is -2.58. The van der Waals surface area contributed by atoms with Crippen molar-refractivity contribution in [3.8, 4) is 5.75 Å². The van der Waals surface area contributed by atoms with Gasteiger partial charge in [-0.3, -0.25) is 0 Å². The van der Waals surface area contributed by atoms with E-state index in [9.17, 15) is 4.79 Å². The van der Waals surface area contributed by atoms with Crippen LogP contribution in [0.5, 0.6) is 5.75 Å². The van der Waals surface area contributed by atoms with Gasteiger partial charge in [0.2, 0.25) is 6.10 Å². The van der Waals surface area contributed by atoms with Crippen LogP contribution >= 0.6 is 17.0 Å². The third-order valence-electron chi connectivity index (χ3n) is 4.79. The van der Waals surface area contributed by atoms with Crippen molar-refractivity contribution in [1.82, 2.24) is 0 Å². The van der Waals surface area contributed by atoms with Crippen LogP contribution in [0.1, 0.15) is 30.4 Å². The van der Waals surface area contributed by atoms with E-state index in [-0.39, 0.29) is 29.5 Å². The number of nitrogen functional groups attached to an aromatic ring is 1. The minimum Gasteiger partial charge on any atom is -0.493 e. The number of carboxylic acids is 1. The van der Waals surface area contributed by atoms with Gasteiger partial charge in [0, 0.05) is 30.8 Å². The van der Waals surface area contributed by atoms with Crippen molar-refractivity contribution in [3.05, 3.63) is 59.7 Å². The van der Waals surface area contributed by atoms with E-state index in [0.717, 1.165) is 19.3 Å². The number of anilines is 1. The van der Waals surface area contributed by atoms with Gasteiger partial charge in [0.05, 0.1) is 18.4 Å². The first kappa shape index (κ1) is 23.7. The molecule has 1 heterocycles. The Morgan fingerprint density at radius 2 is 2.07 bits per heavy atom. The molecule has 2 aromatic carbocycles. The molecule has 7 nitrogen and oxygen atoms in total. The van der Waals surface area contributed by atoms with Crippen molar-refractivity contribution in [2.24, 2.45) is 5.16 Å². The lowest BCUT2D eigenvalue weighted by Gasteiger charge is -2.16. The third-order valence-corrected chi connectivity index (χ3v) is 4.79. The normalized spacial score (nSPS) is 16.2. The van der Waals surface area contributed by atoms with Gasteiger partial charge in [0.15, 0.2) is 0 Å². The van der Waals surface area contributed by atoms with Crippen LogP contribution in [0.2, 0.25) is 0 Å². The molecule has 0 fully saturated rings. The molecule has 2 atom stereocenters. The summed E-state index contributed by atoms with van der Waals surface area (Å²) in [7, 11) is 1.73. The van der Waals surface area contributed by atoms with Crippen LogP contribution in [-0.4, -0.2) is 42.7 Å². The van der Waals surface area contributed by atoms with Crippen LogP contribution in [0.15, 0.2) is 53.7 Å². The largest absolute Gasteiger partial charge is 0.493 e. The van der Waals surface area contributed by atoms with Crippen molar-refractivity contribution in [3.63, 3.8) is 0 Å². The summed E-state index contributed by atoms with van der Waals surface area (Å²) in [6.07, 6.45) is 1.96. The monoisotopic (exact) mass is 478 g/mol. The zero-order valence-electron chi connectivity index (χ0n) is 16.8. The maximum Gasteiger partial charge on any atom is 0.348 e. The number of carboxylic acid groups (broad SMARTS) is 1. The molecule has 3 N–H and O–H groups in total. The summed E-state index contributed by atoms with van der Waals surface area (Å²) in [6, 6.07) is 15.5. The van der Waals surface area contributed by atoms with Gasteiger partial charge in [-0.2, -0.15) is 0 Å². The van der Waals surface area contributed by atoms with Crippen LogP contribution in [0.3, 0.4) is 0 Å². The number of carbonyl (C=O) groups is 1. The fourth-order valence-corrected chi connectivity index (χ4v) is 3.23. The van der Waals surface area contributed by atoms with E-state index < -0.39 is 12.1 Å². The van der Waals surface area contributed by atoms with E-state index in [2.05, 4.69) is 17.3 Å². The second-order valence-corrected chi connectivity index (χ2v) is 7.00. The molecule has 1 aliphatic heterocycles. The van der Waals surface area contributed by atoms with Gasteiger partial charge in [-0.25, -0.2) is 4.79 Å². The Balaban J connectivity index is 0.00000320. The standard InChI is InChI=1S/C22H26N2O5.BrH/c1-27-18(10-15-6-3-2-4-7-15)8-5-9-28-19-12-16(11-17(23)13-19)20-14-21(22(25)26)29-24-20;/h2-4,6-7,11-13,18,21H,5,8-10,14,23H2,1H3,(H,25,26);1H. The molecule has 0 saturated carbocycles. The Bertz CT molecular complexity index is 860. The Morgan fingerprint density at radius 1 is 1.30 bits per heavy atom. The highest BCUT2D eigenvalue weighted by Gasteiger charge is 2.28. The molecular formula is C22H27BrN2O5. The molecule has 2 unspecified atom stereocenters. The first-order valence-electron chi connectivity index (χ1n) is 9.61. The lowest BCUT2D eigenvalue weighted by molar-refractivity contribution is -0.148. The Morgan fingerprint density at radius 3 is 2.73 bits per heavy atom. The van der Waals surface area contributed by atoms with Crippen LogP contribution in [0.4, 0.5) is 5.69 Å². The molecule has 0 aliphatic carbocycles. The highest BCUT2D eigenvalue weighted by Crippen LogP contribution is 2.24. The second-order valence-electron chi connectivity index (χ2n) is 7.00. The smallest absolute Gasteiger partial charge is 0.348 e. The molecule has 0 saturated heterocycles. The summed E-state index contributed by atoms with van der Waals surface area (Å²) in [6.45, 7) is 0.526. The third kappa shape index (κ3) is 6.74. The molecule has 0 radical (unpaired) electrons. The van der Waals surface area contributed by atoms with Gasteiger partial charge in [-0.15, -0.1) is 17.0 Å². The number of rotatable bonds is 10. The summed E-state index contributed by atoms with van der Waals surface area (Å²) in [5.41, 5.74) is 9.01. The Kier molecular flexibility index (Phi) is 9.14. The number of hydrogen-bond acceptors (Lipinski definition) is 6. The maximum atomic E-state index is 11.0. The SMILES string of the molecule is Br.COC(CCCOc1cc(N)cc(C2=NOC(C(=O)O)C2)c1)Cc1ccccc1. The topological polar surface area (TPSA) is 103 Å². The van der Waals surface area contributed by atoms with Crippen LogP contribution in [0.25, 0.3) is 0 Å². The fourth-order valence-electron chi connectivity index (χ4n) is 3.23. The number of benzene rings is 2. The first-order chi connectivity index (χ1) is 14.0. The minimum absolute atomic E-state index is 0. The van der Waals surface area contributed by atoms with Crippen molar-refractivity contribution < 1.29 is 24.2 Å². The molecule has 2 aromatic rings. The van der Waals surface area contributed by atoms with Crippen molar-refractivity contribution >= 4 is 34.3 Å². The number of nitrogens with zero attached hydrogens (tertiary/aromatic N) is 1. The number of oxime groups is 1. The zero-order chi connectivity index (χ0) is 20.6. The summed E-state index contributed by atoms with van der Waals surface area (Å²) in [5.74, 6) is -0.411. The van der Waals surface area contributed by atoms with E-state index >= 15 is 0 Å². The molecular weight excluding hydrogens is 452 g/mol. The lowest BCUT2D eigenvalue weighted by Crippen LogP contribution is -2.19. The average molecular weight is 479 g/mol. The zero-order valence-corrected chi connectivity index (χ0v) is 18.5. The van der Waals surface area contributed by atoms with Gasteiger partial charge in [0.25, 0.3) is 0 Å². The lowest BCUT2D eigenvalue weighted by atomic mass is 10.0. The van der Waals surface area contributed by atoms with E-state index in [1.165, 1.54) is 5.56 Å². The van der Waals surface area contributed by atoms with E-state index in [1.807, 2.05) is 18.2 Å². The molecule has 1 aliphatic rings. The predicted molar refractivity (Wildman–Crippen MR) is 121 cm³/mol. The molecule has 3 rings (SSSR count). The molecule has 0 bridgehead atoms. The van der Waals surface area contributed by atoms with E-state index in [4.69, 9.17) is 25.2 Å². The average Bonchev–Trinajstić information content (AvgIpc) is 3.21. The summed E-state index contributed by atoms with van der Waals surface area (Å²) < 4.78 is 11.4. The quantitative estimate of drug-likeness (QED) is 0.397. The molecule has 30 heavy (non-hydrogen) atoms. The number of aliphatic carboxylic acids is 1. The van der Waals surface area contributed by atoms with Crippen LogP contribution in [-0.2, 0) is 20.8 Å². The molecule has 0 amide bonds. The number of methoxy groups -OCH3 is 1. The van der Waals surface area contributed by atoms with Gasteiger partial charge in [0.1, 0.15) is 5.75 Å². The summed E-state index contributed by atoms with van der Waals surface area (Å²) >= 11 is 0. The van der Waals surface area contributed by atoms with Crippen LogP contribution < -0.4 is 10.5 Å². The highest BCUT2D eigenvalue weighted by atomic mass is 79.9. The molecule has 0 aromatic heterocycles. The number of nitrogens with two attached hydrogens (primary N) is 1. The number of halogens is 1. The Labute approximate surface area is 186 Å². The first-order valence-corrected chi connectivity index (χ1v) is 9.61. The summed E-state index contributed by atoms with van der Waals surface area (Å²) in [5, 5.41) is 12.9. The van der Waals surface area contributed by atoms with Crippen LogP contribution in [0, 0.1) is 0 Å². The van der Waals surface area contributed by atoms with Gasteiger partial charge < -0.3 is 25.2 Å². The molecule has 8 heteroatoms. The number of ether oxygens (including phenoxy) is 2. The minimum atomic E-state index is -1.03. The van der Waals surface area contributed by atoms with Crippen molar-refractivity contribution in [2.75, 3.05) is 19.5 Å². The van der Waals surface area contributed by atoms with Gasteiger partial charge >= 0.3 is 5.97 Å². The van der Waals surface area contributed by atoms with Gasteiger partial charge in [-0.1, -0.05) is 35.5 Å². The molecule has 0 spiro atoms. The van der Waals surface area contributed by atoms with Crippen molar-refractivity contribution in [1.29, 1.82) is 0 Å². The van der Waals surface area contributed by atoms with Crippen molar-refractivity contribution in [2.45, 2.75) is 37.9 Å². The molecule has 162 valence electrons. The number of hydrogen-bond donors (Lipinski definition) is 2. The predicted octanol–water partition coefficient (Wildman–Crippen LogP) is 3.84. The maximum absolute atomic E-state index is 11.0. The summed E-state index contributed by atoms with van der Waals surface area (Å²) in [4.78, 5) is 16.0.